The van der Waals surface area contributed by atoms with Gasteiger partial charge in [-0.3, -0.25) is 4.57 Å². The molecule has 120 valence electrons. The van der Waals surface area contributed by atoms with Crippen LogP contribution in [0.15, 0.2) is 17.1 Å². The minimum atomic E-state index is -3.00. The third kappa shape index (κ3) is 4.77. The smallest absolute Gasteiger partial charge is 0.349 e. The lowest BCUT2D eigenvalue weighted by Crippen LogP contribution is -2.34. The van der Waals surface area contributed by atoms with Crippen LogP contribution in [0.2, 0.25) is 0 Å². The first-order valence-corrected chi connectivity index (χ1v) is 7.00. The normalized spacial score (nSPS) is 23.8. The van der Waals surface area contributed by atoms with Crippen molar-refractivity contribution in [3.8, 4) is 0 Å². The Balaban J connectivity index is 0.000000491. The van der Waals surface area contributed by atoms with E-state index in [4.69, 9.17) is 10.8 Å². The maximum Gasteiger partial charge on any atom is 0.349 e. The Labute approximate surface area is 122 Å². The summed E-state index contributed by atoms with van der Waals surface area (Å²) in [7, 11) is 0. The molecule has 3 N–H and O–H groups in total. The van der Waals surface area contributed by atoms with Crippen LogP contribution >= 0.6 is 0 Å². The summed E-state index contributed by atoms with van der Waals surface area (Å²) in [6.07, 6.45) is 0.878. The van der Waals surface area contributed by atoms with Crippen LogP contribution in [0.5, 0.6) is 0 Å². The van der Waals surface area contributed by atoms with Crippen molar-refractivity contribution in [2.45, 2.75) is 45.6 Å². The van der Waals surface area contributed by atoms with E-state index < -0.39 is 30.0 Å². The topological polar surface area (TPSA) is 81.1 Å². The van der Waals surface area contributed by atoms with Gasteiger partial charge in [0.1, 0.15) is 11.9 Å². The predicted molar refractivity (Wildman–Crippen MR) is 77.2 cm³/mol. The van der Waals surface area contributed by atoms with E-state index >= 15 is 0 Å². The van der Waals surface area contributed by atoms with Crippen molar-refractivity contribution in [2.75, 3.05) is 12.3 Å². The summed E-state index contributed by atoms with van der Waals surface area (Å²) < 4.78 is 28.3. The molecule has 21 heavy (non-hydrogen) atoms. The zero-order valence-electron chi connectivity index (χ0n) is 12.6. The molecule has 0 aliphatic heterocycles. The van der Waals surface area contributed by atoms with Crippen LogP contribution in [0.3, 0.4) is 0 Å². The van der Waals surface area contributed by atoms with Gasteiger partial charge in [-0.15, -0.1) is 0 Å². The molecule has 0 aromatic carbocycles. The van der Waals surface area contributed by atoms with E-state index in [1.165, 1.54) is 12.3 Å². The molecule has 2 unspecified atom stereocenters. The number of halogens is 2. The van der Waals surface area contributed by atoms with E-state index in [1.54, 1.807) is 0 Å². The van der Waals surface area contributed by atoms with Crippen LogP contribution in [0.1, 0.15) is 39.7 Å². The van der Waals surface area contributed by atoms with E-state index in [-0.39, 0.29) is 18.8 Å². The first kappa shape index (κ1) is 17.6. The second kappa shape index (κ2) is 6.98. The van der Waals surface area contributed by atoms with E-state index in [0.29, 0.717) is 0 Å². The zero-order chi connectivity index (χ0) is 16.2. The van der Waals surface area contributed by atoms with Gasteiger partial charge in [0, 0.05) is 19.2 Å². The number of nitrogens with zero attached hydrogens (tertiary/aromatic N) is 2. The predicted octanol–water partition coefficient (Wildman–Crippen LogP) is 2.07. The van der Waals surface area contributed by atoms with Crippen molar-refractivity contribution in [2.24, 2.45) is 11.8 Å². The molecule has 0 spiro atoms. The number of aliphatic hydroxyl groups excluding tert-OH is 1. The monoisotopic (exact) mass is 303 g/mol. The van der Waals surface area contributed by atoms with Crippen LogP contribution in [-0.4, -0.2) is 27.2 Å². The van der Waals surface area contributed by atoms with Crippen molar-refractivity contribution < 1.29 is 13.9 Å². The lowest BCUT2D eigenvalue weighted by Gasteiger charge is -2.20. The van der Waals surface area contributed by atoms with Gasteiger partial charge in [0.25, 0.3) is 5.92 Å². The molecule has 1 aliphatic rings. The average Bonchev–Trinajstić information content (AvgIpc) is 2.64. The molecule has 1 aliphatic carbocycles. The van der Waals surface area contributed by atoms with E-state index in [2.05, 4.69) is 25.8 Å². The average molecular weight is 303 g/mol. The lowest BCUT2D eigenvalue weighted by molar-refractivity contribution is -0.0353. The summed E-state index contributed by atoms with van der Waals surface area (Å²) in [5.41, 5.74) is 4.51. The quantitative estimate of drug-likeness (QED) is 0.876. The molecule has 7 heteroatoms. The van der Waals surface area contributed by atoms with Crippen molar-refractivity contribution in [1.82, 2.24) is 9.55 Å². The third-order valence-electron chi connectivity index (χ3n) is 3.05. The third-order valence-corrected chi connectivity index (χ3v) is 3.05. The summed E-state index contributed by atoms with van der Waals surface area (Å²) >= 11 is 0. The highest BCUT2D eigenvalue weighted by atomic mass is 19.3. The van der Waals surface area contributed by atoms with Gasteiger partial charge in [-0.05, 0) is 24.3 Å². The Hall–Kier alpha value is -1.50. The van der Waals surface area contributed by atoms with E-state index in [1.807, 2.05) is 0 Å². The Morgan fingerprint density at radius 3 is 2.52 bits per heavy atom. The van der Waals surface area contributed by atoms with E-state index in [9.17, 15) is 13.6 Å². The standard InChI is InChI=1S/C10H13F2N3O2.C4H10/c11-10(12)4-6(5-16)3-7(10)15-2-1-8(13)14-9(15)17;1-4(2)3/h1-2,6-7,16H,3-5H2,(H2,13,14,17);4H,1-3H3. The number of anilines is 1. The van der Waals surface area contributed by atoms with Gasteiger partial charge in [-0.25, -0.2) is 13.6 Å². The number of aliphatic hydroxyl groups is 1. The minimum Gasteiger partial charge on any atom is -0.396 e. The largest absolute Gasteiger partial charge is 0.396 e. The van der Waals surface area contributed by atoms with Gasteiger partial charge >= 0.3 is 5.69 Å². The number of rotatable bonds is 2. The molecule has 2 rings (SSSR count). The summed E-state index contributed by atoms with van der Waals surface area (Å²) in [5.74, 6) is -2.65. The van der Waals surface area contributed by atoms with Gasteiger partial charge in [0.05, 0.1) is 0 Å². The molecule has 0 amide bonds. The second-order valence-corrected chi connectivity index (χ2v) is 6.04. The second-order valence-electron chi connectivity index (χ2n) is 6.04. The summed E-state index contributed by atoms with van der Waals surface area (Å²) in [4.78, 5) is 14.9. The molecule has 1 aromatic heterocycles. The molecular formula is C14H23F2N3O2. The SMILES string of the molecule is CC(C)C.Nc1ccn(C2CC(CO)CC2(F)F)c(=O)n1. The molecule has 0 radical (unpaired) electrons. The highest BCUT2D eigenvalue weighted by Gasteiger charge is 2.49. The minimum absolute atomic E-state index is 0.00581. The number of aromatic nitrogens is 2. The maximum atomic E-state index is 13.7. The Bertz CT molecular complexity index is 514. The number of alkyl halides is 2. The zero-order valence-corrected chi connectivity index (χ0v) is 12.6. The fraction of sp³-hybridized carbons (Fsp3) is 0.714. The lowest BCUT2D eigenvalue weighted by atomic mass is 10.1. The molecule has 1 saturated carbocycles. The number of nitrogen functional groups attached to an aromatic ring is 1. The highest BCUT2D eigenvalue weighted by Crippen LogP contribution is 2.46. The van der Waals surface area contributed by atoms with Gasteiger partial charge in [-0.1, -0.05) is 20.8 Å². The van der Waals surface area contributed by atoms with Crippen LogP contribution in [-0.2, 0) is 0 Å². The summed E-state index contributed by atoms with van der Waals surface area (Å²) in [6, 6.07) is 0.0595. The van der Waals surface area contributed by atoms with Crippen LogP contribution in [0, 0.1) is 11.8 Å². The molecule has 5 nitrogen and oxygen atoms in total. The van der Waals surface area contributed by atoms with Crippen LogP contribution in [0.4, 0.5) is 14.6 Å². The van der Waals surface area contributed by atoms with Gasteiger partial charge in [0.15, 0.2) is 0 Å². The van der Waals surface area contributed by atoms with Crippen molar-refractivity contribution in [1.29, 1.82) is 0 Å². The summed E-state index contributed by atoms with van der Waals surface area (Å²) in [6.45, 7) is 6.20. The number of nitrogens with two attached hydrogens (primary N) is 1. The Morgan fingerprint density at radius 1 is 1.52 bits per heavy atom. The molecule has 1 aromatic rings. The Kier molecular flexibility index (Phi) is 5.83. The van der Waals surface area contributed by atoms with Crippen LogP contribution in [0.25, 0.3) is 0 Å². The fourth-order valence-corrected chi connectivity index (χ4v) is 2.21. The van der Waals surface area contributed by atoms with Crippen molar-refractivity contribution >= 4 is 5.82 Å². The number of hydrogen-bond donors (Lipinski definition) is 2. The number of hydrogen-bond acceptors (Lipinski definition) is 4. The van der Waals surface area contributed by atoms with Crippen LogP contribution < -0.4 is 11.4 Å². The van der Waals surface area contributed by atoms with Gasteiger partial charge in [0.2, 0.25) is 0 Å². The first-order chi connectivity index (χ1) is 9.67. The van der Waals surface area contributed by atoms with Crippen molar-refractivity contribution in [3.63, 3.8) is 0 Å². The highest BCUT2D eigenvalue weighted by molar-refractivity contribution is 5.23. The summed E-state index contributed by atoms with van der Waals surface area (Å²) in [5, 5.41) is 8.92. The molecule has 0 bridgehead atoms. The van der Waals surface area contributed by atoms with Gasteiger partial charge < -0.3 is 10.8 Å². The Morgan fingerprint density at radius 2 is 2.10 bits per heavy atom. The van der Waals surface area contributed by atoms with E-state index in [0.717, 1.165) is 10.5 Å². The molecule has 0 saturated heterocycles. The first-order valence-electron chi connectivity index (χ1n) is 7.00. The van der Waals surface area contributed by atoms with Crippen molar-refractivity contribution in [3.05, 3.63) is 22.7 Å². The molecule has 1 heterocycles. The van der Waals surface area contributed by atoms with Gasteiger partial charge in [-0.2, -0.15) is 4.98 Å². The molecular weight excluding hydrogens is 280 g/mol. The fourth-order valence-electron chi connectivity index (χ4n) is 2.21. The molecule has 1 fully saturated rings. The maximum absolute atomic E-state index is 13.7. The molecule has 2 atom stereocenters.